The minimum absolute atomic E-state index is 0.159. The summed E-state index contributed by atoms with van der Waals surface area (Å²) in [4.78, 5) is 34.9. The van der Waals surface area contributed by atoms with Crippen LogP contribution in [0, 0.1) is 5.92 Å². The zero-order valence-corrected chi connectivity index (χ0v) is 17.5. The van der Waals surface area contributed by atoms with Crippen LogP contribution in [0.3, 0.4) is 0 Å². The third-order valence-electron chi connectivity index (χ3n) is 4.39. The molecule has 0 spiro atoms. The van der Waals surface area contributed by atoms with Crippen LogP contribution in [0.2, 0.25) is 0 Å². The molecule has 170 valence electrons. The van der Waals surface area contributed by atoms with E-state index in [9.17, 15) is 40.5 Å². The van der Waals surface area contributed by atoms with E-state index < -0.39 is 46.2 Å². The van der Waals surface area contributed by atoms with E-state index in [2.05, 4.69) is 25.5 Å². The molecule has 13 heteroatoms. The van der Waals surface area contributed by atoms with E-state index in [4.69, 9.17) is 0 Å². The molecule has 0 aliphatic carbocycles. The summed E-state index contributed by atoms with van der Waals surface area (Å²) < 4.78 is 73.2. The van der Waals surface area contributed by atoms with Crippen LogP contribution < -0.4 is 0 Å². The van der Waals surface area contributed by atoms with Gasteiger partial charge in [0.1, 0.15) is 6.61 Å². The Bertz CT molecular complexity index is 678. The van der Waals surface area contributed by atoms with Crippen molar-refractivity contribution in [2.75, 3.05) is 19.7 Å². The Morgan fingerprint density at radius 2 is 1.59 bits per heavy atom. The second-order valence-electron chi connectivity index (χ2n) is 6.26. The van der Waals surface area contributed by atoms with E-state index in [-0.39, 0.29) is 13.1 Å². The van der Waals surface area contributed by atoms with Gasteiger partial charge in [-0.2, -0.15) is 8.78 Å². The molecule has 4 amide bonds. The smallest absolute Gasteiger partial charge is 0.418 e. The second kappa shape index (κ2) is 11.3. The van der Waals surface area contributed by atoms with Gasteiger partial charge in [0.05, 0.1) is 6.54 Å². The van der Waals surface area contributed by atoms with E-state index in [0.29, 0.717) is 9.80 Å². The molecule has 0 saturated carbocycles. The molecular weight excluding hydrogens is 421 g/mol. The van der Waals surface area contributed by atoms with Crippen LogP contribution in [0.25, 0.3) is 0 Å². The lowest BCUT2D eigenvalue weighted by Crippen LogP contribution is -2.43. The number of carbonyl (C=O) groups excluding carboxylic acids is 3. The summed E-state index contributed by atoms with van der Waals surface area (Å²) in [7, 11) is -6.28. The number of halogens is 3. The summed E-state index contributed by atoms with van der Waals surface area (Å²) in [5.74, 6) is 0.313. The second-order valence-corrected chi connectivity index (χ2v) is 7.71. The Balaban J connectivity index is 0.000000956. The quantitative estimate of drug-likeness (QED) is 0.550. The zero-order valence-electron chi connectivity index (χ0n) is 16.7. The molecule has 1 fully saturated rings. The van der Waals surface area contributed by atoms with Gasteiger partial charge in [-0.05, 0) is 5.92 Å². The number of imide groups is 2. The monoisotopic (exact) mass is 447 g/mol. The Labute approximate surface area is 167 Å². The molecule has 29 heavy (non-hydrogen) atoms. The highest BCUT2D eigenvalue weighted by atomic mass is 32.2. The maximum absolute atomic E-state index is 13.1. The molecule has 9 nitrogen and oxygen atoms in total. The highest BCUT2D eigenvalue weighted by Crippen LogP contribution is 2.27. The third kappa shape index (κ3) is 7.46. The highest BCUT2D eigenvalue weighted by molar-refractivity contribution is 7.86. The average molecular weight is 447 g/mol. The van der Waals surface area contributed by atoms with Crippen molar-refractivity contribution in [3.05, 3.63) is 0 Å². The molecule has 0 aromatic rings. The molecular formula is C16H26F3N2O7S-. The Morgan fingerprint density at radius 3 is 1.90 bits per heavy atom. The van der Waals surface area contributed by atoms with Crippen LogP contribution in [0.1, 0.15) is 47.0 Å². The summed E-state index contributed by atoms with van der Waals surface area (Å²) in [5, 5.41) is -5.28. The third-order valence-corrected chi connectivity index (χ3v) is 5.32. The minimum atomic E-state index is -6.28. The molecule has 1 atom stereocenters. The number of nitrogens with zero attached hydrogens (tertiary/aromatic N) is 2. The standard InChI is InChI=1S/C9H11F3N2O7S.C7H16/c1-5(15)13-2-3-14(7(13)16)8(17)21-4-6(10)9(11,12)22(18,19)20;1-4-7(5-2)6-3/h6H,2-4H2,1H3,(H,18,19,20);7H,4-6H2,1-3H3/p-1. The van der Waals surface area contributed by atoms with Gasteiger partial charge in [0.25, 0.3) is 0 Å². The number of rotatable bonds is 7. The molecule has 0 N–H and O–H groups in total. The fourth-order valence-corrected chi connectivity index (χ4v) is 2.72. The number of hydrogen-bond donors (Lipinski definition) is 0. The van der Waals surface area contributed by atoms with Gasteiger partial charge in [0.15, 0.2) is 10.1 Å². The highest BCUT2D eigenvalue weighted by Gasteiger charge is 2.48. The van der Waals surface area contributed by atoms with Crippen molar-refractivity contribution in [3.8, 4) is 0 Å². The van der Waals surface area contributed by atoms with Gasteiger partial charge in [0, 0.05) is 13.5 Å². The molecule has 0 radical (unpaired) electrons. The maximum Gasteiger partial charge on any atom is 0.418 e. The van der Waals surface area contributed by atoms with Crippen molar-refractivity contribution in [1.82, 2.24) is 9.80 Å². The first-order valence-electron chi connectivity index (χ1n) is 8.98. The van der Waals surface area contributed by atoms with Crippen molar-refractivity contribution in [1.29, 1.82) is 0 Å². The minimum Gasteiger partial charge on any atom is -0.743 e. The normalized spacial score (nSPS) is 15.8. The summed E-state index contributed by atoms with van der Waals surface area (Å²) in [6.07, 6.45) is -1.08. The van der Waals surface area contributed by atoms with E-state index in [0.717, 1.165) is 12.8 Å². The van der Waals surface area contributed by atoms with Gasteiger partial charge in [-0.25, -0.2) is 27.3 Å². The molecule has 0 aromatic carbocycles. The van der Waals surface area contributed by atoms with E-state index in [1.807, 2.05) is 0 Å². The summed E-state index contributed by atoms with van der Waals surface area (Å²) >= 11 is 0. The zero-order chi connectivity index (χ0) is 23.0. The van der Waals surface area contributed by atoms with Crippen molar-refractivity contribution in [3.63, 3.8) is 0 Å². The van der Waals surface area contributed by atoms with Crippen molar-refractivity contribution >= 4 is 28.1 Å². The van der Waals surface area contributed by atoms with Gasteiger partial charge < -0.3 is 9.29 Å². The number of ether oxygens (including phenoxy) is 1. The van der Waals surface area contributed by atoms with Crippen LogP contribution >= 0.6 is 0 Å². The van der Waals surface area contributed by atoms with Crippen LogP contribution in [0.15, 0.2) is 0 Å². The molecule has 1 aliphatic heterocycles. The largest absolute Gasteiger partial charge is 0.743 e. The molecule has 1 rings (SSSR count). The Morgan fingerprint density at radius 1 is 1.14 bits per heavy atom. The topological polar surface area (TPSA) is 124 Å². The van der Waals surface area contributed by atoms with E-state index in [1.54, 1.807) is 0 Å². The van der Waals surface area contributed by atoms with Crippen LogP contribution in [0.5, 0.6) is 0 Å². The lowest BCUT2D eigenvalue weighted by atomic mass is 10.0. The Hall–Kier alpha value is -1.89. The van der Waals surface area contributed by atoms with Gasteiger partial charge in [-0.3, -0.25) is 9.69 Å². The molecule has 1 unspecified atom stereocenters. The summed E-state index contributed by atoms with van der Waals surface area (Å²) in [5.41, 5.74) is 0. The first-order valence-corrected chi connectivity index (χ1v) is 10.4. The molecule has 1 saturated heterocycles. The van der Waals surface area contributed by atoms with Crippen LogP contribution in [-0.2, 0) is 19.6 Å². The predicted molar refractivity (Wildman–Crippen MR) is 94.7 cm³/mol. The van der Waals surface area contributed by atoms with Gasteiger partial charge >= 0.3 is 17.4 Å². The molecule has 1 aliphatic rings. The van der Waals surface area contributed by atoms with Crippen molar-refractivity contribution in [2.45, 2.75) is 58.4 Å². The van der Waals surface area contributed by atoms with Gasteiger partial charge in [-0.15, -0.1) is 0 Å². The maximum atomic E-state index is 13.1. The molecule has 0 bridgehead atoms. The van der Waals surface area contributed by atoms with Gasteiger partial charge in [0.2, 0.25) is 12.1 Å². The van der Waals surface area contributed by atoms with Gasteiger partial charge in [-0.1, -0.05) is 40.0 Å². The number of hydrogen-bond acceptors (Lipinski definition) is 7. The van der Waals surface area contributed by atoms with E-state index in [1.165, 1.54) is 19.3 Å². The Kier molecular flexibility index (Phi) is 10.6. The van der Waals surface area contributed by atoms with Crippen molar-refractivity contribution < 1.29 is 45.3 Å². The fourth-order valence-electron chi connectivity index (χ4n) is 2.34. The summed E-state index contributed by atoms with van der Waals surface area (Å²) in [6.45, 7) is 5.62. The summed E-state index contributed by atoms with van der Waals surface area (Å²) in [6, 6.07) is -1.09. The first kappa shape index (κ1) is 27.1. The number of amides is 4. The lowest BCUT2D eigenvalue weighted by Gasteiger charge is -2.23. The fraction of sp³-hybridized carbons (Fsp3) is 0.812. The van der Waals surface area contributed by atoms with Crippen LogP contribution in [-0.4, -0.2) is 71.9 Å². The first-order chi connectivity index (χ1) is 13.2. The van der Waals surface area contributed by atoms with Crippen molar-refractivity contribution in [2.24, 2.45) is 5.92 Å². The lowest BCUT2D eigenvalue weighted by molar-refractivity contribution is -0.125. The number of carbonyl (C=O) groups is 3. The number of urea groups is 1. The van der Waals surface area contributed by atoms with Crippen LogP contribution in [0.4, 0.5) is 22.8 Å². The average Bonchev–Trinajstić information content (AvgIpc) is 3.02. The SMILES string of the molecule is CC(=O)N1CCN(C(=O)OCC(F)C(F)(F)S(=O)(=O)[O-])C1=O.CCC(CC)CC. The molecule has 1 heterocycles. The molecule has 0 aromatic heterocycles. The predicted octanol–water partition coefficient (Wildman–Crippen LogP) is 2.72. The number of alkyl halides is 3. The van der Waals surface area contributed by atoms with E-state index >= 15 is 0 Å².